The van der Waals surface area contributed by atoms with Gasteiger partial charge in [-0.15, -0.1) is 0 Å². The van der Waals surface area contributed by atoms with Crippen molar-refractivity contribution in [3.8, 4) is 0 Å². The molecule has 1 heteroatoms. The zero-order chi connectivity index (χ0) is 9.10. The van der Waals surface area contributed by atoms with Crippen molar-refractivity contribution in [3.05, 3.63) is 0 Å². The number of nitrogens with one attached hydrogen (secondary N) is 1. The van der Waals surface area contributed by atoms with E-state index in [1.165, 1.54) is 51.4 Å². The first-order valence-electron chi connectivity index (χ1n) is 6.07. The minimum absolute atomic E-state index is 0.850. The molecule has 2 rings (SSSR count). The molecule has 0 amide bonds. The molecule has 0 aromatic rings. The van der Waals surface area contributed by atoms with E-state index in [9.17, 15) is 0 Å². The predicted octanol–water partition coefficient (Wildman–Crippen LogP) is 2.95. The van der Waals surface area contributed by atoms with Crippen LogP contribution >= 0.6 is 0 Å². The Labute approximate surface area is 82.3 Å². The molecule has 1 atom stereocenters. The lowest BCUT2D eigenvalue weighted by Gasteiger charge is -2.26. The first kappa shape index (κ1) is 9.51. The summed E-state index contributed by atoms with van der Waals surface area (Å²) in [6, 6.07) is 0.850. The summed E-state index contributed by atoms with van der Waals surface area (Å²) in [6.45, 7) is 0. The minimum Gasteiger partial charge on any atom is -0.317 e. The van der Waals surface area contributed by atoms with Crippen LogP contribution in [0.3, 0.4) is 0 Å². The highest BCUT2D eigenvalue weighted by Crippen LogP contribution is 2.37. The molecule has 2 fully saturated rings. The Balaban J connectivity index is 1.73. The van der Waals surface area contributed by atoms with Gasteiger partial charge in [-0.2, -0.15) is 0 Å². The molecule has 0 spiro atoms. The van der Waals surface area contributed by atoms with Gasteiger partial charge in [0, 0.05) is 6.04 Å². The molecule has 0 heterocycles. The second-order valence-corrected chi connectivity index (χ2v) is 4.97. The highest BCUT2D eigenvalue weighted by Gasteiger charge is 2.31. The summed E-state index contributed by atoms with van der Waals surface area (Å²) in [6.07, 6.45) is 11.9. The van der Waals surface area contributed by atoms with Gasteiger partial charge in [-0.05, 0) is 38.1 Å². The molecule has 76 valence electrons. The molecule has 0 aromatic carbocycles. The quantitative estimate of drug-likeness (QED) is 0.703. The third kappa shape index (κ3) is 2.70. The van der Waals surface area contributed by atoms with E-state index >= 15 is 0 Å². The second-order valence-electron chi connectivity index (χ2n) is 4.97. The van der Waals surface area contributed by atoms with Gasteiger partial charge in [0.1, 0.15) is 0 Å². The second kappa shape index (κ2) is 4.45. The summed E-state index contributed by atoms with van der Waals surface area (Å²) in [7, 11) is 2.14. The average Bonchev–Trinajstić information content (AvgIpc) is 2.99. The lowest BCUT2D eigenvalue weighted by atomic mass is 9.84. The van der Waals surface area contributed by atoms with Gasteiger partial charge in [0.05, 0.1) is 0 Å². The van der Waals surface area contributed by atoms with E-state index in [0.717, 1.165) is 17.9 Å². The molecule has 0 radical (unpaired) electrons. The summed E-state index contributed by atoms with van der Waals surface area (Å²) < 4.78 is 0. The van der Waals surface area contributed by atoms with Gasteiger partial charge >= 0.3 is 0 Å². The Morgan fingerprint density at radius 3 is 2.31 bits per heavy atom. The van der Waals surface area contributed by atoms with Gasteiger partial charge < -0.3 is 5.32 Å². The molecule has 1 nitrogen and oxygen atoms in total. The summed E-state index contributed by atoms with van der Waals surface area (Å²) in [5.41, 5.74) is 0. The van der Waals surface area contributed by atoms with E-state index in [1.807, 2.05) is 0 Å². The SMILES string of the molecule is CNC(CC1CCCCC1)C1CC1. The third-order valence-electron chi connectivity index (χ3n) is 3.87. The van der Waals surface area contributed by atoms with Gasteiger partial charge in [0.25, 0.3) is 0 Å². The summed E-state index contributed by atoms with van der Waals surface area (Å²) in [5.74, 6) is 2.08. The third-order valence-corrected chi connectivity index (χ3v) is 3.87. The minimum atomic E-state index is 0.850. The van der Waals surface area contributed by atoms with Gasteiger partial charge in [0.15, 0.2) is 0 Å². The molecule has 0 saturated heterocycles. The van der Waals surface area contributed by atoms with E-state index in [-0.39, 0.29) is 0 Å². The fraction of sp³-hybridized carbons (Fsp3) is 1.00. The standard InChI is InChI=1S/C12H23N/c1-13-12(11-7-8-11)9-10-5-3-2-4-6-10/h10-13H,2-9H2,1H3. The van der Waals surface area contributed by atoms with E-state index in [1.54, 1.807) is 0 Å². The van der Waals surface area contributed by atoms with E-state index in [0.29, 0.717) is 0 Å². The van der Waals surface area contributed by atoms with Gasteiger partial charge in [-0.25, -0.2) is 0 Å². The Hall–Kier alpha value is -0.0400. The fourth-order valence-electron chi connectivity index (χ4n) is 2.83. The first-order valence-corrected chi connectivity index (χ1v) is 6.07. The van der Waals surface area contributed by atoms with Crippen molar-refractivity contribution < 1.29 is 0 Å². The van der Waals surface area contributed by atoms with Gasteiger partial charge in [0.2, 0.25) is 0 Å². The smallest absolute Gasteiger partial charge is 0.00949 e. The van der Waals surface area contributed by atoms with Crippen molar-refractivity contribution in [1.82, 2.24) is 5.32 Å². The van der Waals surface area contributed by atoms with E-state index in [2.05, 4.69) is 12.4 Å². The molecule has 0 aliphatic heterocycles. The fourth-order valence-corrected chi connectivity index (χ4v) is 2.83. The van der Waals surface area contributed by atoms with Crippen LogP contribution in [0.15, 0.2) is 0 Å². The molecule has 0 bridgehead atoms. The van der Waals surface area contributed by atoms with Crippen molar-refractivity contribution in [2.75, 3.05) is 7.05 Å². The van der Waals surface area contributed by atoms with Crippen LogP contribution in [-0.4, -0.2) is 13.1 Å². The summed E-state index contributed by atoms with van der Waals surface area (Å²) >= 11 is 0. The van der Waals surface area contributed by atoms with Crippen LogP contribution in [0.4, 0.5) is 0 Å². The summed E-state index contributed by atoms with van der Waals surface area (Å²) in [4.78, 5) is 0. The van der Waals surface area contributed by atoms with Gasteiger partial charge in [-0.3, -0.25) is 0 Å². The van der Waals surface area contributed by atoms with Crippen LogP contribution in [0.2, 0.25) is 0 Å². The van der Waals surface area contributed by atoms with Crippen molar-refractivity contribution in [2.24, 2.45) is 11.8 Å². The number of rotatable bonds is 4. The molecule has 2 aliphatic rings. The van der Waals surface area contributed by atoms with Crippen LogP contribution in [-0.2, 0) is 0 Å². The lowest BCUT2D eigenvalue weighted by Crippen LogP contribution is -2.30. The number of hydrogen-bond acceptors (Lipinski definition) is 1. The molecule has 2 aliphatic carbocycles. The van der Waals surface area contributed by atoms with Crippen LogP contribution in [0, 0.1) is 11.8 Å². The highest BCUT2D eigenvalue weighted by atomic mass is 14.9. The molecule has 1 unspecified atom stereocenters. The molecule has 2 saturated carbocycles. The predicted molar refractivity (Wildman–Crippen MR) is 56.8 cm³/mol. The maximum atomic E-state index is 3.51. The van der Waals surface area contributed by atoms with Crippen molar-refractivity contribution >= 4 is 0 Å². The van der Waals surface area contributed by atoms with E-state index < -0.39 is 0 Å². The van der Waals surface area contributed by atoms with Crippen molar-refractivity contribution in [3.63, 3.8) is 0 Å². The average molecular weight is 181 g/mol. The zero-order valence-electron chi connectivity index (χ0n) is 8.89. The van der Waals surface area contributed by atoms with Crippen molar-refractivity contribution in [1.29, 1.82) is 0 Å². The highest BCUT2D eigenvalue weighted by molar-refractivity contribution is 4.87. The Morgan fingerprint density at radius 1 is 1.08 bits per heavy atom. The monoisotopic (exact) mass is 181 g/mol. The Morgan fingerprint density at radius 2 is 1.77 bits per heavy atom. The Kier molecular flexibility index (Phi) is 3.26. The molecule has 13 heavy (non-hydrogen) atoms. The lowest BCUT2D eigenvalue weighted by molar-refractivity contribution is 0.291. The Bertz CT molecular complexity index is 145. The normalized spacial score (nSPS) is 27.5. The van der Waals surface area contributed by atoms with Crippen molar-refractivity contribution in [2.45, 2.75) is 57.4 Å². The largest absolute Gasteiger partial charge is 0.317 e. The summed E-state index contributed by atoms with van der Waals surface area (Å²) in [5, 5.41) is 3.51. The van der Waals surface area contributed by atoms with Crippen LogP contribution in [0.25, 0.3) is 0 Å². The van der Waals surface area contributed by atoms with Gasteiger partial charge in [-0.1, -0.05) is 32.1 Å². The topological polar surface area (TPSA) is 12.0 Å². The maximum absolute atomic E-state index is 3.51. The first-order chi connectivity index (χ1) is 6.40. The molecular formula is C12H23N. The van der Waals surface area contributed by atoms with Crippen LogP contribution in [0.1, 0.15) is 51.4 Å². The number of hydrogen-bond donors (Lipinski definition) is 1. The maximum Gasteiger partial charge on any atom is 0.00949 e. The van der Waals surface area contributed by atoms with Crippen LogP contribution < -0.4 is 5.32 Å². The molecule has 1 N–H and O–H groups in total. The molecule has 0 aromatic heterocycles. The zero-order valence-corrected chi connectivity index (χ0v) is 8.89. The van der Waals surface area contributed by atoms with Crippen LogP contribution in [0.5, 0.6) is 0 Å². The van der Waals surface area contributed by atoms with E-state index in [4.69, 9.17) is 0 Å². The molecular weight excluding hydrogens is 158 g/mol.